The fraction of sp³-hybridized carbons (Fsp3) is 0.462. The number of carbonyl (C=O) groups excluding carboxylic acids is 1. The van der Waals surface area contributed by atoms with Gasteiger partial charge in [-0.25, -0.2) is 0 Å². The molecule has 0 fully saturated rings. The van der Waals surface area contributed by atoms with Gasteiger partial charge in [-0.05, 0) is 25.5 Å². The van der Waals surface area contributed by atoms with E-state index < -0.39 is 0 Å². The fourth-order valence-corrected chi connectivity index (χ4v) is 2.24. The Morgan fingerprint density at radius 3 is 2.76 bits per heavy atom. The fourth-order valence-electron chi connectivity index (χ4n) is 1.27. The normalized spacial score (nSPS) is 11.9. The van der Waals surface area contributed by atoms with Crippen LogP contribution in [0.25, 0.3) is 0 Å². The molecular formula is C13H18O3S. The smallest absolute Gasteiger partial charge is 0.319 e. The van der Waals surface area contributed by atoms with Crippen LogP contribution >= 0.6 is 11.8 Å². The maximum Gasteiger partial charge on any atom is 0.319 e. The molecule has 17 heavy (non-hydrogen) atoms. The van der Waals surface area contributed by atoms with Crippen molar-refractivity contribution in [3.63, 3.8) is 0 Å². The second-order valence-corrected chi connectivity index (χ2v) is 4.96. The highest BCUT2D eigenvalue weighted by Gasteiger charge is 2.17. The number of hydrogen-bond acceptors (Lipinski definition) is 4. The van der Waals surface area contributed by atoms with Crippen molar-refractivity contribution >= 4 is 17.7 Å². The number of thioether (sulfide) groups is 1. The molecule has 0 saturated carbocycles. The van der Waals surface area contributed by atoms with Gasteiger partial charge in [0.2, 0.25) is 0 Å². The van der Waals surface area contributed by atoms with E-state index in [1.165, 1.54) is 11.8 Å². The van der Waals surface area contributed by atoms with Gasteiger partial charge in [0.05, 0.1) is 18.6 Å². The van der Waals surface area contributed by atoms with Gasteiger partial charge in [-0.15, -0.1) is 11.8 Å². The molecular weight excluding hydrogens is 236 g/mol. The van der Waals surface area contributed by atoms with Gasteiger partial charge in [-0.2, -0.15) is 0 Å². The predicted molar refractivity (Wildman–Crippen MR) is 69.6 cm³/mol. The second-order valence-electron chi connectivity index (χ2n) is 3.58. The first-order chi connectivity index (χ1) is 8.19. The molecule has 3 nitrogen and oxygen atoms in total. The van der Waals surface area contributed by atoms with Crippen molar-refractivity contribution in [2.75, 3.05) is 13.7 Å². The van der Waals surface area contributed by atoms with Crippen LogP contribution in [0.15, 0.2) is 29.2 Å². The topological polar surface area (TPSA) is 35.5 Å². The van der Waals surface area contributed by atoms with Gasteiger partial charge in [0.1, 0.15) is 11.0 Å². The Hall–Kier alpha value is -1.16. The average Bonchev–Trinajstić information content (AvgIpc) is 2.36. The van der Waals surface area contributed by atoms with Gasteiger partial charge in [0.15, 0.2) is 0 Å². The van der Waals surface area contributed by atoms with E-state index in [-0.39, 0.29) is 11.2 Å². The van der Waals surface area contributed by atoms with Crippen LogP contribution in [-0.4, -0.2) is 24.9 Å². The van der Waals surface area contributed by atoms with E-state index in [0.29, 0.717) is 6.61 Å². The summed E-state index contributed by atoms with van der Waals surface area (Å²) in [7, 11) is 1.62. The van der Waals surface area contributed by atoms with E-state index in [2.05, 4.69) is 0 Å². The van der Waals surface area contributed by atoms with E-state index in [1.807, 2.05) is 38.1 Å². The molecule has 0 aliphatic heterocycles. The highest BCUT2D eigenvalue weighted by Crippen LogP contribution is 2.32. The minimum absolute atomic E-state index is 0.178. The molecule has 1 rings (SSSR count). The third-order valence-electron chi connectivity index (χ3n) is 2.15. The lowest BCUT2D eigenvalue weighted by atomic mass is 10.3. The third kappa shape index (κ3) is 4.30. The molecule has 0 amide bonds. The molecule has 1 atom stereocenters. The van der Waals surface area contributed by atoms with Crippen molar-refractivity contribution in [2.45, 2.75) is 30.4 Å². The minimum atomic E-state index is -0.224. The van der Waals surface area contributed by atoms with E-state index in [0.717, 1.165) is 17.1 Å². The van der Waals surface area contributed by atoms with E-state index in [4.69, 9.17) is 9.47 Å². The van der Waals surface area contributed by atoms with Gasteiger partial charge >= 0.3 is 5.97 Å². The molecule has 0 saturated heterocycles. The predicted octanol–water partition coefficient (Wildman–Crippen LogP) is 3.13. The summed E-state index contributed by atoms with van der Waals surface area (Å²) in [5, 5.41) is -0.224. The van der Waals surface area contributed by atoms with Gasteiger partial charge in [-0.1, -0.05) is 19.1 Å². The van der Waals surface area contributed by atoms with Gasteiger partial charge in [-0.3, -0.25) is 4.79 Å². The number of carbonyl (C=O) groups is 1. The van der Waals surface area contributed by atoms with Crippen LogP contribution in [-0.2, 0) is 9.53 Å². The number of ether oxygens (including phenoxy) is 2. The molecule has 1 aromatic rings. The van der Waals surface area contributed by atoms with Crippen LogP contribution < -0.4 is 4.74 Å². The summed E-state index contributed by atoms with van der Waals surface area (Å²) in [6.45, 7) is 4.30. The minimum Gasteiger partial charge on any atom is -0.496 e. The second kappa shape index (κ2) is 7.22. The Balaban J connectivity index is 2.60. The lowest BCUT2D eigenvalue weighted by Gasteiger charge is -2.12. The van der Waals surface area contributed by atoms with Crippen LogP contribution in [0.3, 0.4) is 0 Å². The Morgan fingerprint density at radius 2 is 2.12 bits per heavy atom. The summed E-state index contributed by atoms with van der Waals surface area (Å²) < 4.78 is 10.3. The zero-order chi connectivity index (χ0) is 12.7. The molecule has 1 aromatic carbocycles. The first-order valence-corrected chi connectivity index (χ1v) is 6.53. The average molecular weight is 254 g/mol. The van der Waals surface area contributed by atoms with Crippen LogP contribution in [0.1, 0.15) is 20.3 Å². The van der Waals surface area contributed by atoms with Gasteiger partial charge < -0.3 is 9.47 Å². The third-order valence-corrected chi connectivity index (χ3v) is 3.29. The molecule has 0 bridgehead atoms. The molecule has 0 spiro atoms. The van der Waals surface area contributed by atoms with Crippen LogP contribution in [0.5, 0.6) is 5.75 Å². The van der Waals surface area contributed by atoms with Gasteiger partial charge in [0, 0.05) is 0 Å². The Kier molecular flexibility index (Phi) is 5.91. The Morgan fingerprint density at radius 1 is 1.41 bits per heavy atom. The number of rotatable bonds is 6. The summed E-state index contributed by atoms with van der Waals surface area (Å²) in [4.78, 5) is 12.6. The first kappa shape index (κ1) is 13.9. The van der Waals surface area contributed by atoms with E-state index in [1.54, 1.807) is 7.11 Å². The Labute approximate surface area is 106 Å². The molecule has 0 aliphatic rings. The summed E-state index contributed by atoms with van der Waals surface area (Å²) in [6, 6.07) is 7.65. The van der Waals surface area contributed by atoms with Crippen molar-refractivity contribution in [1.29, 1.82) is 0 Å². The van der Waals surface area contributed by atoms with Crippen molar-refractivity contribution < 1.29 is 14.3 Å². The maximum atomic E-state index is 11.6. The van der Waals surface area contributed by atoms with E-state index in [9.17, 15) is 4.79 Å². The number of para-hydroxylation sites is 1. The highest BCUT2D eigenvalue weighted by molar-refractivity contribution is 8.00. The zero-order valence-corrected chi connectivity index (χ0v) is 11.3. The van der Waals surface area contributed by atoms with Crippen molar-refractivity contribution in [3.05, 3.63) is 24.3 Å². The molecule has 1 unspecified atom stereocenters. The summed E-state index contributed by atoms with van der Waals surface area (Å²) in [6.07, 6.45) is 0.845. The molecule has 0 heterocycles. The summed E-state index contributed by atoms with van der Waals surface area (Å²) in [5.74, 6) is 0.607. The standard InChI is InChI=1S/C13H18O3S/c1-4-9-16-13(14)10(2)17-12-8-6-5-7-11(12)15-3/h5-8,10H,4,9H2,1-3H3. The van der Waals surface area contributed by atoms with Crippen molar-refractivity contribution in [3.8, 4) is 5.75 Å². The molecule has 0 aromatic heterocycles. The SMILES string of the molecule is CCCOC(=O)C(C)Sc1ccccc1OC. The van der Waals surface area contributed by atoms with Crippen LogP contribution in [0, 0.1) is 0 Å². The number of benzene rings is 1. The zero-order valence-electron chi connectivity index (χ0n) is 10.4. The highest BCUT2D eigenvalue weighted by atomic mass is 32.2. The molecule has 0 radical (unpaired) electrons. The van der Waals surface area contributed by atoms with Crippen LogP contribution in [0.4, 0.5) is 0 Å². The maximum absolute atomic E-state index is 11.6. The number of esters is 1. The largest absolute Gasteiger partial charge is 0.496 e. The molecule has 4 heteroatoms. The van der Waals surface area contributed by atoms with E-state index >= 15 is 0 Å². The molecule has 0 N–H and O–H groups in total. The number of methoxy groups -OCH3 is 1. The first-order valence-electron chi connectivity index (χ1n) is 5.65. The van der Waals surface area contributed by atoms with Crippen molar-refractivity contribution in [1.82, 2.24) is 0 Å². The van der Waals surface area contributed by atoms with Crippen LogP contribution in [0.2, 0.25) is 0 Å². The number of hydrogen-bond donors (Lipinski definition) is 0. The molecule has 0 aliphatic carbocycles. The quantitative estimate of drug-likeness (QED) is 0.577. The Bertz CT molecular complexity index is 365. The monoisotopic (exact) mass is 254 g/mol. The summed E-state index contributed by atoms with van der Waals surface area (Å²) >= 11 is 1.45. The summed E-state index contributed by atoms with van der Waals surface area (Å²) in [5.41, 5.74) is 0. The lowest BCUT2D eigenvalue weighted by Crippen LogP contribution is -2.17. The van der Waals surface area contributed by atoms with Crippen molar-refractivity contribution in [2.24, 2.45) is 0 Å². The van der Waals surface area contributed by atoms with Gasteiger partial charge in [0.25, 0.3) is 0 Å². The lowest BCUT2D eigenvalue weighted by molar-refractivity contribution is -0.142. The molecule has 94 valence electrons.